The molecule has 1 saturated heterocycles. The lowest BCUT2D eigenvalue weighted by molar-refractivity contribution is -0.116. The number of ether oxygens (including phenoxy) is 2. The molecule has 21 heavy (non-hydrogen) atoms. The molecule has 1 fully saturated rings. The van der Waals surface area contributed by atoms with E-state index in [9.17, 15) is 4.79 Å². The van der Waals surface area contributed by atoms with Gasteiger partial charge in [-0.2, -0.15) is 0 Å². The molecule has 6 heteroatoms. The Labute approximate surface area is 133 Å². The molecule has 5 nitrogen and oxygen atoms in total. The fourth-order valence-electron chi connectivity index (χ4n) is 2.28. The van der Waals surface area contributed by atoms with Crippen molar-refractivity contribution in [3.63, 3.8) is 0 Å². The zero-order valence-corrected chi connectivity index (χ0v) is 13.8. The lowest BCUT2D eigenvalue weighted by atomic mass is 10.2. The summed E-state index contributed by atoms with van der Waals surface area (Å²) in [5.74, 6) is 0.0136. The Hall–Kier alpha value is -1.11. The number of carbonyl (C=O) groups excluding carboxylic acids is 1. The molecule has 0 aromatic heterocycles. The van der Waals surface area contributed by atoms with Gasteiger partial charge in [0.05, 0.1) is 24.6 Å². The van der Waals surface area contributed by atoms with Crippen LogP contribution in [0, 0.1) is 0 Å². The number of nitrogens with one attached hydrogen (secondary N) is 1. The summed E-state index contributed by atoms with van der Waals surface area (Å²) in [7, 11) is 1.64. The molecular formula is C15H21BrN2O3. The van der Waals surface area contributed by atoms with E-state index in [1.807, 2.05) is 18.2 Å². The van der Waals surface area contributed by atoms with Crippen LogP contribution in [0.25, 0.3) is 0 Å². The first kappa shape index (κ1) is 16.3. The third-order valence-corrected chi connectivity index (χ3v) is 3.83. The smallest absolute Gasteiger partial charge is 0.224 e. The van der Waals surface area contributed by atoms with Crippen molar-refractivity contribution < 1.29 is 14.3 Å². The molecule has 0 atom stereocenters. The van der Waals surface area contributed by atoms with Crippen LogP contribution in [0.5, 0.6) is 0 Å². The van der Waals surface area contributed by atoms with E-state index in [0.717, 1.165) is 48.6 Å². The van der Waals surface area contributed by atoms with Gasteiger partial charge in [-0.25, -0.2) is 0 Å². The van der Waals surface area contributed by atoms with Crippen LogP contribution in [0.2, 0.25) is 0 Å². The number of anilines is 2. The number of morpholine rings is 1. The summed E-state index contributed by atoms with van der Waals surface area (Å²) in [6.45, 7) is 3.72. The molecule has 0 saturated carbocycles. The van der Waals surface area contributed by atoms with Gasteiger partial charge in [-0.3, -0.25) is 4.79 Å². The Morgan fingerprint density at radius 3 is 2.90 bits per heavy atom. The third-order valence-electron chi connectivity index (χ3n) is 3.34. The number of amides is 1. The highest BCUT2D eigenvalue weighted by molar-refractivity contribution is 9.10. The second-order valence-electron chi connectivity index (χ2n) is 4.91. The van der Waals surface area contributed by atoms with Gasteiger partial charge in [-0.05, 0) is 24.6 Å². The Balaban J connectivity index is 2.05. The molecule has 1 N–H and O–H groups in total. The average Bonchev–Trinajstić information content (AvgIpc) is 2.48. The summed E-state index contributed by atoms with van der Waals surface area (Å²) in [6.07, 6.45) is 1.19. The van der Waals surface area contributed by atoms with Gasteiger partial charge in [0.1, 0.15) is 0 Å². The van der Waals surface area contributed by atoms with Crippen LogP contribution in [-0.2, 0) is 14.3 Å². The van der Waals surface area contributed by atoms with Gasteiger partial charge in [0.15, 0.2) is 0 Å². The highest BCUT2D eigenvalue weighted by atomic mass is 79.9. The fourth-order valence-corrected chi connectivity index (χ4v) is 2.64. The fraction of sp³-hybridized carbons (Fsp3) is 0.533. The van der Waals surface area contributed by atoms with Gasteiger partial charge >= 0.3 is 0 Å². The van der Waals surface area contributed by atoms with Crippen LogP contribution < -0.4 is 10.2 Å². The number of halogens is 1. The van der Waals surface area contributed by atoms with Crippen LogP contribution in [0.1, 0.15) is 12.8 Å². The van der Waals surface area contributed by atoms with E-state index in [0.29, 0.717) is 13.0 Å². The molecular weight excluding hydrogens is 336 g/mol. The van der Waals surface area contributed by atoms with Gasteiger partial charge in [0.2, 0.25) is 5.91 Å². The molecule has 0 unspecified atom stereocenters. The zero-order valence-electron chi connectivity index (χ0n) is 12.2. The molecule has 0 radical (unpaired) electrons. The topological polar surface area (TPSA) is 50.8 Å². The summed E-state index contributed by atoms with van der Waals surface area (Å²) in [5.41, 5.74) is 1.88. The summed E-state index contributed by atoms with van der Waals surface area (Å²) < 4.78 is 11.3. The molecule has 116 valence electrons. The molecule has 1 aliphatic rings. The van der Waals surface area contributed by atoms with Gasteiger partial charge < -0.3 is 19.7 Å². The van der Waals surface area contributed by atoms with E-state index in [-0.39, 0.29) is 5.91 Å². The number of carbonyl (C=O) groups is 1. The first-order chi connectivity index (χ1) is 10.2. The summed E-state index contributed by atoms with van der Waals surface area (Å²) in [5, 5.41) is 3.00. The van der Waals surface area contributed by atoms with Crippen LogP contribution in [0.4, 0.5) is 11.4 Å². The van der Waals surface area contributed by atoms with Crippen molar-refractivity contribution in [3.05, 3.63) is 22.7 Å². The monoisotopic (exact) mass is 356 g/mol. The molecule has 1 heterocycles. The van der Waals surface area contributed by atoms with Crippen molar-refractivity contribution in [1.82, 2.24) is 0 Å². The van der Waals surface area contributed by atoms with E-state index in [2.05, 4.69) is 26.1 Å². The van der Waals surface area contributed by atoms with Gasteiger partial charge in [-0.15, -0.1) is 0 Å². The van der Waals surface area contributed by atoms with Gasteiger partial charge in [0, 0.05) is 37.7 Å². The van der Waals surface area contributed by atoms with E-state index in [1.165, 1.54) is 0 Å². The predicted molar refractivity (Wildman–Crippen MR) is 86.9 cm³/mol. The lowest BCUT2D eigenvalue weighted by Gasteiger charge is -2.30. The number of methoxy groups -OCH3 is 1. The van der Waals surface area contributed by atoms with Crippen molar-refractivity contribution in [3.8, 4) is 0 Å². The molecule has 2 rings (SSSR count). The minimum Gasteiger partial charge on any atom is -0.385 e. The van der Waals surface area contributed by atoms with E-state index >= 15 is 0 Å². The second kappa shape index (κ2) is 8.36. The van der Waals surface area contributed by atoms with Crippen molar-refractivity contribution >= 4 is 33.2 Å². The Morgan fingerprint density at radius 2 is 2.19 bits per heavy atom. The maximum absolute atomic E-state index is 12.0. The first-order valence-electron chi connectivity index (χ1n) is 7.12. The number of rotatable bonds is 6. The molecule has 1 aromatic rings. The normalized spacial score (nSPS) is 15.0. The lowest BCUT2D eigenvalue weighted by Crippen LogP contribution is -2.36. The Bertz CT molecular complexity index is 476. The van der Waals surface area contributed by atoms with E-state index in [1.54, 1.807) is 7.11 Å². The SMILES string of the molecule is COCCCC(=O)Nc1cc(Br)ccc1N1CCOCC1. The maximum atomic E-state index is 12.0. The standard InChI is InChI=1S/C15H21BrN2O3/c1-20-8-2-3-15(19)17-13-11-12(16)4-5-14(13)18-6-9-21-10-7-18/h4-5,11H,2-3,6-10H2,1H3,(H,17,19). The second-order valence-corrected chi connectivity index (χ2v) is 5.82. The number of nitrogens with zero attached hydrogens (tertiary/aromatic N) is 1. The number of hydrogen-bond donors (Lipinski definition) is 1. The quantitative estimate of drug-likeness (QED) is 0.796. The number of hydrogen-bond acceptors (Lipinski definition) is 4. The van der Waals surface area contributed by atoms with Gasteiger partial charge in [-0.1, -0.05) is 15.9 Å². The Morgan fingerprint density at radius 1 is 1.43 bits per heavy atom. The van der Waals surface area contributed by atoms with Crippen LogP contribution in [0.15, 0.2) is 22.7 Å². The highest BCUT2D eigenvalue weighted by Gasteiger charge is 2.16. The molecule has 1 aliphatic heterocycles. The minimum absolute atomic E-state index is 0.0136. The maximum Gasteiger partial charge on any atom is 0.224 e. The predicted octanol–water partition coefficient (Wildman–Crippen LogP) is 2.65. The van der Waals surface area contributed by atoms with Crippen molar-refractivity contribution in [2.45, 2.75) is 12.8 Å². The summed E-state index contributed by atoms with van der Waals surface area (Å²) in [4.78, 5) is 14.2. The summed E-state index contributed by atoms with van der Waals surface area (Å²) in [6, 6.07) is 5.96. The van der Waals surface area contributed by atoms with Crippen LogP contribution in [-0.4, -0.2) is 45.9 Å². The van der Waals surface area contributed by atoms with Gasteiger partial charge in [0.25, 0.3) is 0 Å². The Kier molecular flexibility index (Phi) is 6.48. The molecule has 1 amide bonds. The van der Waals surface area contributed by atoms with Crippen LogP contribution >= 0.6 is 15.9 Å². The van der Waals surface area contributed by atoms with E-state index < -0.39 is 0 Å². The molecule has 0 spiro atoms. The minimum atomic E-state index is 0.0136. The molecule has 0 aliphatic carbocycles. The van der Waals surface area contributed by atoms with Crippen LogP contribution in [0.3, 0.4) is 0 Å². The highest BCUT2D eigenvalue weighted by Crippen LogP contribution is 2.30. The first-order valence-corrected chi connectivity index (χ1v) is 7.91. The van der Waals surface area contributed by atoms with Crippen molar-refractivity contribution in [1.29, 1.82) is 0 Å². The van der Waals surface area contributed by atoms with E-state index in [4.69, 9.17) is 9.47 Å². The average molecular weight is 357 g/mol. The third kappa shape index (κ3) is 4.98. The largest absolute Gasteiger partial charge is 0.385 e. The molecule has 1 aromatic carbocycles. The number of benzene rings is 1. The summed E-state index contributed by atoms with van der Waals surface area (Å²) >= 11 is 3.46. The molecule has 0 bridgehead atoms. The van der Waals surface area contributed by atoms with Crippen molar-refractivity contribution in [2.75, 3.05) is 50.2 Å². The van der Waals surface area contributed by atoms with Crippen molar-refractivity contribution in [2.24, 2.45) is 0 Å². The zero-order chi connectivity index (χ0) is 15.1.